The van der Waals surface area contributed by atoms with Gasteiger partial charge in [0, 0.05) is 25.6 Å². The van der Waals surface area contributed by atoms with Crippen LogP contribution in [0, 0.1) is 11.7 Å². The summed E-state index contributed by atoms with van der Waals surface area (Å²) in [5.41, 5.74) is 0. The Hall–Kier alpha value is -1.82. The molecule has 3 unspecified atom stereocenters. The zero-order chi connectivity index (χ0) is 16.8. The zero-order valence-electron chi connectivity index (χ0n) is 13.7. The van der Waals surface area contributed by atoms with E-state index >= 15 is 0 Å². The van der Waals surface area contributed by atoms with Crippen molar-refractivity contribution in [3.8, 4) is 5.75 Å². The highest BCUT2D eigenvalue weighted by Gasteiger charge is 2.27. The molecule has 0 spiro atoms. The third-order valence-electron chi connectivity index (χ3n) is 4.14. The van der Waals surface area contributed by atoms with E-state index in [1.165, 1.54) is 12.1 Å². The first-order chi connectivity index (χ1) is 11.0. The van der Waals surface area contributed by atoms with Gasteiger partial charge in [0.2, 0.25) is 0 Å². The van der Waals surface area contributed by atoms with Crippen LogP contribution in [0.4, 0.5) is 9.18 Å². The smallest absolute Gasteiger partial charge is 0.317 e. The molecule has 6 heteroatoms. The summed E-state index contributed by atoms with van der Waals surface area (Å²) in [4.78, 5) is 13.7. The molecule has 1 saturated carbocycles. The molecular weight excluding hydrogens is 299 g/mol. The van der Waals surface area contributed by atoms with E-state index in [1.54, 1.807) is 24.1 Å². The maximum absolute atomic E-state index is 13.1. The molecule has 0 bridgehead atoms. The number of carbonyl (C=O) groups excluding carboxylic acids is 1. The Morgan fingerprint density at radius 2 is 2.30 bits per heavy atom. The van der Waals surface area contributed by atoms with Gasteiger partial charge in [-0.3, -0.25) is 0 Å². The maximum Gasteiger partial charge on any atom is 0.317 e. The Morgan fingerprint density at radius 3 is 2.96 bits per heavy atom. The molecule has 0 radical (unpaired) electrons. The fraction of sp³-hybridized carbons (Fsp3) is 0.588. The number of hydrogen-bond donors (Lipinski definition) is 2. The first-order valence-corrected chi connectivity index (χ1v) is 8.03. The van der Waals surface area contributed by atoms with Crippen molar-refractivity contribution in [1.82, 2.24) is 10.2 Å². The SMILES string of the molecule is CC(COc1cccc(F)c1)NC(=O)N(C)CC1CCCC1O. The summed E-state index contributed by atoms with van der Waals surface area (Å²) in [5, 5.41) is 12.7. The van der Waals surface area contributed by atoms with E-state index < -0.39 is 0 Å². The van der Waals surface area contributed by atoms with Crippen LogP contribution in [0.2, 0.25) is 0 Å². The molecule has 0 saturated heterocycles. The predicted octanol–water partition coefficient (Wildman–Crippen LogP) is 2.40. The summed E-state index contributed by atoms with van der Waals surface area (Å²) < 4.78 is 18.5. The highest BCUT2D eigenvalue weighted by molar-refractivity contribution is 5.74. The van der Waals surface area contributed by atoms with Crippen molar-refractivity contribution >= 4 is 6.03 Å². The van der Waals surface area contributed by atoms with Gasteiger partial charge in [0.1, 0.15) is 18.2 Å². The van der Waals surface area contributed by atoms with E-state index in [1.807, 2.05) is 6.92 Å². The van der Waals surface area contributed by atoms with Gasteiger partial charge in [0.25, 0.3) is 0 Å². The minimum Gasteiger partial charge on any atom is -0.491 e. The van der Waals surface area contributed by atoms with Gasteiger partial charge in [-0.15, -0.1) is 0 Å². The van der Waals surface area contributed by atoms with Crippen molar-refractivity contribution in [2.45, 2.75) is 38.3 Å². The van der Waals surface area contributed by atoms with Gasteiger partial charge >= 0.3 is 6.03 Å². The largest absolute Gasteiger partial charge is 0.491 e. The number of nitrogens with zero attached hydrogens (tertiary/aromatic N) is 1. The lowest BCUT2D eigenvalue weighted by molar-refractivity contribution is 0.113. The number of urea groups is 1. The van der Waals surface area contributed by atoms with Gasteiger partial charge in [0.05, 0.1) is 12.1 Å². The second-order valence-electron chi connectivity index (χ2n) is 6.26. The topological polar surface area (TPSA) is 61.8 Å². The number of benzene rings is 1. The van der Waals surface area contributed by atoms with Crippen molar-refractivity contribution in [2.24, 2.45) is 5.92 Å². The fourth-order valence-corrected chi connectivity index (χ4v) is 2.81. The van der Waals surface area contributed by atoms with Gasteiger partial charge < -0.3 is 20.1 Å². The number of carbonyl (C=O) groups is 1. The van der Waals surface area contributed by atoms with Gasteiger partial charge in [-0.25, -0.2) is 9.18 Å². The van der Waals surface area contributed by atoms with Crippen LogP contribution < -0.4 is 10.1 Å². The quantitative estimate of drug-likeness (QED) is 0.845. The molecule has 2 amide bonds. The van der Waals surface area contributed by atoms with E-state index in [2.05, 4.69) is 5.32 Å². The van der Waals surface area contributed by atoms with Crippen molar-refractivity contribution in [3.63, 3.8) is 0 Å². The van der Waals surface area contributed by atoms with Crippen LogP contribution in [0.3, 0.4) is 0 Å². The normalized spacial score (nSPS) is 21.7. The van der Waals surface area contributed by atoms with Crippen molar-refractivity contribution in [1.29, 1.82) is 0 Å². The number of nitrogens with one attached hydrogen (secondary N) is 1. The summed E-state index contributed by atoms with van der Waals surface area (Å²) in [5.74, 6) is 0.243. The summed E-state index contributed by atoms with van der Waals surface area (Å²) >= 11 is 0. The van der Waals surface area contributed by atoms with Gasteiger partial charge in [0.15, 0.2) is 0 Å². The average molecular weight is 324 g/mol. The number of aliphatic hydroxyl groups is 1. The van der Waals surface area contributed by atoms with E-state index in [9.17, 15) is 14.3 Å². The summed E-state index contributed by atoms with van der Waals surface area (Å²) in [6.07, 6.45) is 2.48. The number of hydrogen-bond acceptors (Lipinski definition) is 3. The fourth-order valence-electron chi connectivity index (χ4n) is 2.81. The predicted molar refractivity (Wildman–Crippen MR) is 85.9 cm³/mol. The molecule has 23 heavy (non-hydrogen) atoms. The third-order valence-corrected chi connectivity index (χ3v) is 4.14. The Kier molecular flexibility index (Phi) is 6.21. The molecule has 1 aromatic carbocycles. The van der Waals surface area contributed by atoms with Crippen LogP contribution in [-0.2, 0) is 0 Å². The van der Waals surface area contributed by atoms with E-state index in [0.717, 1.165) is 19.3 Å². The lowest BCUT2D eigenvalue weighted by Crippen LogP contribution is -2.46. The van der Waals surface area contributed by atoms with Crippen LogP contribution in [-0.4, -0.2) is 48.4 Å². The van der Waals surface area contributed by atoms with Crippen LogP contribution in [0.15, 0.2) is 24.3 Å². The van der Waals surface area contributed by atoms with Crippen molar-refractivity contribution in [2.75, 3.05) is 20.2 Å². The highest BCUT2D eigenvalue weighted by Crippen LogP contribution is 2.25. The van der Waals surface area contributed by atoms with Gasteiger partial charge in [-0.1, -0.05) is 12.5 Å². The molecular formula is C17H25FN2O3. The average Bonchev–Trinajstić information content (AvgIpc) is 2.90. The molecule has 128 valence electrons. The Balaban J connectivity index is 1.73. The lowest BCUT2D eigenvalue weighted by atomic mass is 10.1. The molecule has 5 nitrogen and oxygen atoms in total. The van der Waals surface area contributed by atoms with E-state index in [4.69, 9.17) is 4.74 Å². The Morgan fingerprint density at radius 1 is 1.52 bits per heavy atom. The van der Waals surface area contributed by atoms with Crippen LogP contribution in [0.25, 0.3) is 0 Å². The number of rotatable bonds is 6. The standard InChI is InChI=1S/C17H25FN2O3/c1-12(11-23-15-7-4-6-14(18)9-15)19-17(22)20(2)10-13-5-3-8-16(13)21/h4,6-7,9,12-13,16,21H,3,5,8,10-11H2,1-2H3,(H,19,22). The molecule has 1 aliphatic carbocycles. The van der Waals surface area contributed by atoms with Crippen molar-refractivity contribution < 1.29 is 19.0 Å². The minimum atomic E-state index is -0.353. The molecule has 0 heterocycles. The molecule has 2 N–H and O–H groups in total. The number of ether oxygens (including phenoxy) is 1. The summed E-state index contributed by atoms with van der Waals surface area (Å²) in [7, 11) is 1.72. The van der Waals surface area contributed by atoms with E-state index in [-0.39, 0.29) is 36.5 Å². The molecule has 0 aliphatic heterocycles. The van der Waals surface area contributed by atoms with Crippen LogP contribution in [0.1, 0.15) is 26.2 Å². The molecule has 3 atom stereocenters. The lowest BCUT2D eigenvalue weighted by Gasteiger charge is -2.25. The Bertz CT molecular complexity index is 526. The second-order valence-corrected chi connectivity index (χ2v) is 6.26. The van der Waals surface area contributed by atoms with Crippen LogP contribution in [0.5, 0.6) is 5.75 Å². The first kappa shape index (κ1) is 17.5. The zero-order valence-corrected chi connectivity index (χ0v) is 13.7. The third kappa shape index (κ3) is 5.39. The summed E-state index contributed by atoms with van der Waals surface area (Å²) in [6, 6.07) is 5.51. The van der Waals surface area contributed by atoms with Crippen molar-refractivity contribution in [3.05, 3.63) is 30.1 Å². The van der Waals surface area contributed by atoms with Gasteiger partial charge in [-0.05, 0) is 31.9 Å². The Labute approximate surface area is 136 Å². The maximum atomic E-state index is 13.1. The molecule has 1 aromatic rings. The monoisotopic (exact) mass is 324 g/mol. The minimum absolute atomic E-state index is 0.157. The first-order valence-electron chi connectivity index (χ1n) is 8.03. The number of aliphatic hydroxyl groups excluding tert-OH is 1. The highest BCUT2D eigenvalue weighted by atomic mass is 19.1. The van der Waals surface area contributed by atoms with Gasteiger partial charge in [-0.2, -0.15) is 0 Å². The molecule has 1 fully saturated rings. The molecule has 1 aliphatic rings. The second kappa shape index (κ2) is 8.15. The molecule has 0 aromatic heterocycles. The molecule has 2 rings (SSSR count). The number of amides is 2. The number of halogens is 1. The van der Waals surface area contributed by atoms with E-state index in [0.29, 0.717) is 12.3 Å². The van der Waals surface area contributed by atoms with Crippen LogP contribution >= 0.6 is 0 Å². The summed E-state index contributed by atoms with van der Waals surface area (Å²) in [6.45, 7) is 2.63.